The summed E-state index contributed by atoms with van der Waals surface area (Å²) in [6.45, 7) is 12.4. The molecule has 0 radical (unpaired) electrons. The van der Waals surface area contributed by atoms with Crippen LogP contribution in [0.2, 0.25) is 5.28 Å². The molecular weight excluding hydrogens is 509 g/mol. The number of amides is 1. The molecule has 1 aliphatic heterocycles. The highest BCUT2D eigenvalue weighted by molar-refractivity contribution is 6.28. The van der Waals surface area contributed by atoms with E-state index >= 15 is 0 Å². The zero-order chi connectivity index (χ0) is 27.6. The van der Waals surface area contributed by atoms with Crippen LogP contribution in [0.1, 0.15) is 76.0 Å². The van der Waals surface area contributed by atoms with Crippen LogP contribution >= 0.6 is 11.6 Å². The second-order valence-corrected chi connectivity index (χ2v) is 12.6. The van der Waals surface area contributed by atoms with Crippen molar-refractivity contribution >= 4 is 34.6 Å². The lowest BCUT2D eigenvalue weighted by Crippen LogP contribution is -2.61. The van der Waals surface area contributed by atoms with Gasteiger partial charge in [-0.25, -0.2) is 14.2 Å². The quantitative estimate of drug-likeness (QED) is 0.379. The smallest absolute Gasteiger partial charge is 0.410 e. The Bertz CT molecular complexity index is 1450. The fourth-order valence-corrected chi connectivity index (χ4v) is 5.63. The van der Waals surface area contributed by atoms with E-state index in [9.17, 15) is 14.0 Å². The molecular formula is C28H33ClFN5O3. The summed E-state index contributed by atoms with van der Waals surface area (Å²) in [5.74, 6) is -0.614. The molecule has 1 saturated heterocycles. The molecule has 3 heterocycles. The summed E-state index contributed by atoms with van der Waals surface area (Å²) >= 11 is 6.18. The van der Waals surface area contributed by atoms with Gasteiger partial charge in [0.15, 0.2) is 11.4 Å². The highest BCUT2D eigenvalue weighted by atomic mass is 35.5. The standard InChI is InChI=1S/C28H33ClFN5O3/c1-7-27(5,6)22(36)17-12-16(30)8-9-19(17)35-20-10-11-28(14-34(15-28)25(37)38-26(2,3)4)13-18(20)21-23(35)32-33-24(29)31-21/h8-9,12H,7,10-11,13-15H2,1-6H3. The van der Waals surface area contributed by atoms with Gasteiger partial charge in [-0.1, -0.05) is 20.8 Å². The number of hydrogen-bond donors (Lipinski definition) is 0. The van der Waals surface area contributed by atoms with Gasteiger partial charge in [0.2, 0.25) is 5.28 Å². The van der Waals surface area contributed by atoms with Crippen LogP contribution in [0.5, 0.6) is 0 Å². The van der Waals surface area contributed by atoms with Crippen molar-refractivity contribution in [2.45, 2.75) is 72.8 Å². The Morgan fingerprint density at radius 3 is 2.53 bits per heavy atom. The van der Waals surface area contributed by atoms with Crippen molar-refractivity contribution < 1.29 is 18.7 Å². The number of nitrogens with zero attached hydrogens (tertiary/aromatic N) is 5. The van der Waals surface area contributed by atoms with Gasteiger partial charge in [-0.15, -0.1) is 10.2 Å². The van der Waals surface area contributed by atoms with Crippen molar-refractivity contribution in [1.29, 1.82) is 0 Å². The molecule has 1 amide bonds. The molecule has 0 bridgehead atoms. The Labute approximate surface area is 226 Å². The predicted molar refractivity (Wildman–Crippen MR) is 142 cm³/mol. The van der Waals surface area contributed by atoms with Crippen LogP contribution < -0.4 is 0 Å². The zero-order valence-corrected chi connectivity index (χ0v) is 23.4. The van der Waals surface area contributed by atoms with E-state index in [1.807, 2.05) is 46.1 Å². The van der Waals surface area contributed by atoms with Gasteiger partial charge >= 0.3 is 6.09 Å². The number of halogens is 2. The largest absolute Gasteiger partial charge is 0.444 e. The number of ether oxygens (including phenoxy) is 1. The molecule has 0 atom stereocenters. The lowest BCUT2D eigenvalue weighted by atomic mass is 9.68. The van der Waals surface area contributed by atoms with E-state index in [1.54, 1.807) is 11.0 Å². The summed E-state index contributed by atoms with van der Waals surface area (Å²) in [5.41, 5.74) is 2.57. The Kier molecular flexibility index (Phi) is 6.29. The number of fused-ring (bicyclic) bond motifs is 3. The third-order valence-electron chi connectivity index (χ3n) is 7.85. The van der Waals surface area contributed by atoms with E-state index in [0.717, 1.165) is 17.7 Å². The lowest BCUT2D eigenvalue weighted by molar-refractivity contribution is -0.0395. The summed E-state index contributed by atoms with van der Waals surface area (Å²) in [6.07, 6.45) is 2.48. The first kappa shape index (κ1) is 26.5. The fraction of sp³-hybridized carbons (Fsp3) is 0.536. The van der Waals surface area contributed by atoms with Crippen molar-refractivity contribution in [3.8, 4) is 5.69 Å². The van der Waals surface area contributed by atoms with Gasteiger partial charge in [0.25, 0.3) is 0 Å². The van der Waals surface area contributed by atoms with Crippen molar-refractivity contribution in [3.05, 3.63) is 46.1 Å². The first-order valence-corrected chi connectivity index (χ1v) is 13.4. The number of hydrogen-bond acceptors (Lipinski definition) is 6. The summed E-state index contributed by atoms with van der Waals surface area (Å²) < 4.78 is 21.9. The molecule has 1 spiro atoms. The van der Waals surface area contributed by atoms with Crippen LogP contribution in [-0.2, 0) is 17.6 Å². The minimum atomic E-state index is -0.667. The highest BCUT2D eigenvalue weighted by Gasteiger charge is 2.49. The van der Waals surface area contributed by atoms with Gasteiger partial charge in [-0.05, 0) is 76.3 Å². The second-order valence-electron chi connectivity index (χ2n) is 12.3. The Hall–Kier alpha value is -3.07. The number of Topliss-reactive ketones (excluding diaryl/α,β-unsaturated/α-hetero) is 1. The van der Waals surface area contributed by atoms with E-state index in [-0.39, 0.29) is 22.6 Å². The highest BCUT2D eigenvalue weighted by Crippen LogP contribution is 2.46. The third kappa shape index (κ3) is 4.55. The number of likely N-dealkylation sites (tertiary alicyclic amines) is 1. The van der Waals surface area contributed by atoms with Crippen LogP contribution in [0, 0.1) is 16.6 Å². The molecule has 5 rings (SSSR count). The monoisotopic (exact) mass is 541 g/mol. The van der Waals surface area contributed by atoms with Gasteiger partial charge in [-0.2, -0.15) is 0 Å². The average molecular weight is 542 g/mol. The molecule has 38 heavy (non-hydrogen) atoms. The molecule has 0 unspecified atom stereocenters. The van der Waals surface area contributed by atoms with Gasteiger partial charge in [0, 0.05) is 40.7 Å². The van der Waals surface area contributed by atoms with Gasteiger partial charge < -0.3 is 9.64 Å². The lowest BCUT2D eigenvalue weighted by Gasteiger charge is -2.52. The van der Waals surface area contributed by atoms with Crippen molar-refractivity contribution in [1.82, 2.24) is 24.6 Å². The molecule has 1 aromatic carbocycles. The molecule has 10 heteroatoms. The number of ketones is 1. The normalized spacial score (nSPS) is 16.9. The average Bonchev–Trinajstić information content (AvgIpc) is 3.13. The molecule has 3 aromatic rings. The second kappa shape index (κ2) is 9.00. The Balaban J connectivity index is 1.58. The summed E-state index contributed by atoms with van der Waals surface area (Å²) in [7, 11) is 0. The number of carbonyl (C=O) groups excluding carboxylic acids is 2. The first-order valence-electron chi connectivity index (χ1n) is 13.0. The molecule has 8 nitrogen and oxygen atoms in total. The maximum absolute atomic E-state index is 14.4. The number of aromatic nitrogens is 4. The van der Waals surface area contributed by atoms with Gasteiger partial charge in [0.1, 0.15) is 16.9 Å². The van der Waals surface area contributed by atoms with Crippen LogP contribution in [0.3, 0.4) is 0 Å². The molecule has 0 saturated carbocycles. The topological polar surface area (TPSA) is 90.2 Å². The van der Waals surface area contributed by atoms with E-state index in [0.29, 0.717) is 54.8 Å². The van der Waals surface area contributed by atoms with Crippen LogP contribution in [0.15, 0.2) is 18.2 Å². The maximum atomic E-state index is 14.4. The molecule has 1 fully saturated rings. The number of benzene rings is 1. The van der Waals surface area contributed by atoms with E-state index in [4.69, 9.17) is 16.3 Å². The van der Waals surface area contributed by atoms with Crippen molar-refractivity contribution in [3.63, 3.8) is 0 Å². The van der Waals surface area contributed by atoms with E-state index in [1.165, 1.54) is 12.1 Å². The molecule has 2 aliphatic rings. The van der Waals surface area contributed by atoms with E-state index in [2.05, 4.69) is 15.2 Å². The first-order chi connectivity index (χ1) is 17.7. The number of rotatable bonds is 4. The Morgan fingerprint density at radius 1 is 1.16 bits per heavy atom. The molecule has 0 N–H and O–H groups in total. The number of carbonyl (C=O) groups is 2. The van der Waals surface area contributed by atoms with Crippen molar-refractivity contribution in [2.24, 2.45) is 10.8 Å². The summed E-state index contributed by atoms with van der Waals surface area (Å²) in [6, 6.07) is 4.29. The van der Waals surface area contributed by atoms with Crippen LogP contribution in [-0.4, -0.2) is 55.2 Å². The SMILES string of the molecule is CCC(C)(C)C(=O)c1cc(F)ccc1-n1c2c(c3nc(Cl)nnc31)CC1(CC2)CN(C(=O)OC(C)(C)C)C1. The minimum absolute atomic E-state index is 0.0311. The van der Waals surface area contributed by atoms with Gasteiger partial charge in [-0.3, -0.25) is 9.36 Å². The molecule has 2 aromatic heterocycles. The maximum Gasteiger partial charge on any atom is 0.410 e. The van der Waals surface area contributed by atoms with Crippen LogP contribution in [0.4, 0.5) is 9.18 Å². The van der Waals surface area contributed by atoms with Crippen molar-refractivity contribution in [2.75, 3.05) is 13.1 Å². The van der Waals surface area contributed by atoms with Gasteiger partial charge in [0.05, 0.1) is 5.69 Å². The fourth-order valence-electron chi connectivity index (χ4n) is 5.51. The Morgan fingerprint density at radius 2 is 1.87 bits per heavy atom. The molecule has 1 aliphatic carbocycles. The summed E-state index contributed by atoms with van der Waals surface area (Å²) in [5, 5.41) is 8.39. The summed E-state index contributed by atoms with van der Waals surface area (Å²) in [4.78, 5) is 32.4. The predicted octanol–water partition coefficient (Wildman–Crippen LogP) is 5.95. The third-order valence-corrected chi connectivity index (χ3v) is 8.01. The minimum Gasteiger partial charge on any atom is -0.444 e. The van der Waals surface area contributed by atoms with Crippen LogP contribution in [0.25, 0.3) is 16.9 Å². The van der Waals surface area contributed by atoms with E-state index < -0.39 is 16.8 Å². The molecule has 202 valence electrons. The zero-order valence-electron chi connectivity index (χ0n) is 22.7.